The average molecular weight is 591 g/mol. The standard InChI is InChI=1S/C25H27BrN4O8/c1-2-35-21-11-17(9-18(26)23(21)36-14-22(31)30-5-7-34-8-6-30)13-28-29-25(33)24(32)27-12-16-3-4-19-20(10-16)38-15-37-19/h3-4,9-11,13H,2,5-8,12,14-15H2,1H3,(H,27,32)(H,29,33)/b28-13-. The minimum absolute atomic E-state index is 0.132. The van der Waals surface area contributed by atoms with Crippen molar-refractivity contribution in [2.24, 2.45) is 5.10 Å². The van der Waals surface area contributed by atoms with Gasteiger partial charge in [-0.05, 0) is 58.2 Å². The van der Waals surface area contributed by atoms with Crippen LogP contribution in [0, 0.1) is 0 Å². The van der Waals surface area contributed by atoms with Crippen LogP contribution in [0.1, 0.15) is 18.1 Å². The molecule has 4 rings (SSSR count). The van der Waals surface area contributed by atoms with Crippen molar-refractivity contribution in [3.63, 3.8) is 0 Å². The fraction of sp³-hybridized carbons (Fsp3) is 0.360. The number of nitrogens with one attached hydrogen (secondary N) is 2. The Balaban J connectivity index is 1.30. The molecule has 2 heterocycles. The number of hydrogen-bond acceptors (Lipinski definition) is 9. The molecular weight excluding hydrogens is 564 g/mol. The van der Waals surface area contributed by atoms with E-state index in [-0.39, 0.29) is 25.9 Å². The lowest BCUT2D eigenvalue weighted by Gasteiger charge is -2.27. The van der Waals surface area contributed by atoms with Crippen LogP contribution in [0.2, 0.25) is 0 Å². The molecule has 2 N–H and O–H groups in total. The second kappa shape index (κ2) is 13.1. The van der Waals surface area contributed by atoms with Crippen molar-refractivity contribution in [2.45, 2.75) is 13.5 Å². The van der Waals surface area contributed by atoms with E-state index in [0.29, 0.717) is 65.9 Å². The molecule has 2 aromatic rings. The third-order valence-electron chi connectivity index (χ3n) is 5.51. The Kier molecular flexibility index (Phi) is 9.38. The molecule has 0 spiro atoms. The molecule has 12 nitrogen and oxygen atoms in total. The highest BCUT2D eigenvalue weighted by Crippen LogP contribution is 2.36. The van der Waals surface area contributed by atoms with Gasteiger partial charge in [-0.25, -0.2) is 5.43 Å². The average Bonchev–Trinajstić information content (AvgIpc) is 3.40. The molecule has 0 aromatic heterocycles. The first-order valence-electron chi connectivity index (χ1n) is 11.9. The van der Waals surface area contributed by atoms with Gasteiger partial charge in [-0.1, -0.05) is 6.07 Å². The Bertz CT molecular complexity index is 1220. The smallest absolute Gasteiger partial charge is 0.329 e. The Morgan fingerprint density at radius 3 is 2.66 bits per heavy atom. The van der Waals surface area contributed by atoms with Crippen molar-refractivity contribution in [1.29, 1.82) is 0 Å². The number of nitrogens with zero attached hydrogens (tertiary/aromatic N) is 2. The van der Waals surface area contributed by atoms with E-state index in [2.05, 4.69) is 31.8 Å². The number of amides is 3. The maximum Gasteiger partial charge on any atom is 0.329 e. The number of rotatable bonds is 9. The monoisotopic (exact) mass is 590 g/mol. The molecule has 0 saturated carbocycles. The summed E-state index contributed by atoms with van der Waals surface area (Å²) in [7, 11) is 0. The van der Waals surface area contributed by atoms with Gasteiger partial charge in [0.25, 0.3) is 5.91 Å². The molecule has 0 bridgehead atoms. The summed E-state index contributed by atoms with van der Waals surface area (Å²) in [5.41, 5.74) is 3.51. The van der Waals surface area contributed by atoms with E-state index in [0.717, 1.165) is 5.56 Å². The van der Waals surface area contributed by atoms with Crippen LogP contribution in [0.4, 0.5) is 0 Å². The SMILES string of the molecule is CCOc1cc(/C=N\NC(=O)C(=O)NCc2ccc3c(c2)OCO3)cc(Br)c1OCC(=O)N1CCOCC1. The molecule has 13 heteroatoms. The highest BCUT2D eigenvalue weighted by molar-refractivity contribution is 9.10. The molecule has 0 radical (unpaired) electrons. The van der Waals surface area contributed by atoms with E-state index in [1.165, 1.54) is 6.21 Å². The predicted molar refractivity (Wildman–Crippen MR) is 138 cm³/mol. The molecule has 1 fully saturated rings. The fourth-order valence-electron chi connectivity index (χ4n) is 3.63. The molecule has 2 aliphatic heterocycles. The summed E-state index contributed by atoms with van der Waals surface area (Å²) in [5.74, 6) is 0.0736. The lowest BCUT2D eigenvalue weighted by atomic mass is 10.2. The van der Waals surface area contributed by atoms with Crippen molar-refractivity contribution < 1.29 is 38.1 Å². The second-order valence-electron chi connectivity index (χ2n) is 8.11. The van der Waals surface area contributed by atoms with Crippen LogP contribution in [0.25, 0.3) is 0 Å². The minimum Gasteiger partial charge on any atom is -0.490 e. The first-order chi connectivity index (χ1) is 18.4. The van der Waals surface area contributed by atoms with Crippen molar-refractivity contribution >= 4 is 39.9 Å². The highest BCUT2D eigenvalue weighted by atomic mass is 79.9. The first kappa shape index (κ1) is 27.2. The van der Waals surface area contributed by atoms with E-state index in [4.69, 9.17) is 23.7 Å². The second-order valence-corrected chi connectivity index (χ2v) is 8.97. The van der Waals surface area contributed by atoms with E-state index in [9.17, 15) is 14.4 Å². The maximum atomic E-state index is 12.4. The van der Waals surface area contributed by atoms with Crippen LogP contribution in [-0.4, -0.2) is 75.1 Å². The summed E-state index contributed by atoms with van der Waals surface area (Å²) in [6.45, 7) is 4.38. The summed E-state index contributed by atoms with van der Waals surface area (Å²) in [5, 5.41) is 6.39. The Hall–Kier alpha value is -3.84. The molecular formula is C25H27BrN4O8. The summed E-state index contributed by atoms with van der Waals surface area (Å²) in [4.78, 5) is 38.4. The Morgan fingerprint density at radius 1 is 1.08 bits per heavy atom. The zero-order valence-electron chi connectivity index (χ0n) is 20.7. The number of carbonyl (C=O) groups excluding carboxylic acids is 3. The fourth-order valence-corrected chi connectivity index (χ4v) is 4.21. The molecule has 0 atom stereocenters. The van der Waals surface area contributed by atoms with E-state index >= 15 is 0 Å². The van der Waals surface area contributed by atoms with Gasteiger partial charge in [0.05, 0.1) is 30.5 Å². The predicted octanol–water partition coefficient (Wildman–Crippen LogP) is 1.58. The number of morpholine rings is 1. The zero-order chi connectivity index (χ0) is 26.9. The molecule has 2 aromatic carbocycles. The molecule has 1 saturated heterocycles. The van der Waals surface area contributed by atoms with Gasteiger partial charge in [0.2, 0.25) is 6.79 Å². The third-order valence-corrected chi connectivity index (χ3v) is 6.10. The Labute approximate surface area is 227 Å². The van der Waals surface area contributed by atoms with Crippen molar-refractivity contribution in [3.05, 3.63) is 45.9 Å². The Morgan fingerprint density at radius 2 is 1.87 bits per heavy atom. The molecule has 0 aliphatic carbocycles. The van der Waals surface area contributed by atoms with Gasteiger partial charge >= 0.3 is 11.8 Å². The topological polar surface area (TPSA) is 137 Å². The normalized spacial score (nSPS) is 14.3. The van der Waals surface area contributed by atoms with Gasteiger partial charge < -0.3 is 33.9 Å². The zero-order valence-corrected chi connectivity index (χ0v) is 22.2. The van der Waals surface area contributed by atoms with E-state index in [1.54, 1.807) is 35.2 Å². The lowest BCUT2D eigenvalue weighted by molar-refractivity contribution is -0.139. The largest absolute Gasteiger partial charge is 0.490 e. The van der Waals surface area contributed by atoms with Crippen LogP contribution in [-0.2, 0) is 25.7 Å². The lowest BCUT2D eigenvalue weighted by Crippen LogP contribution is -2.43. The maximum absolute atomic E-state index is 12.4. The van der Waals surface area contributed by atoms with Crippen molar-refractivity contribution in [1.82, 2.24) is 15.6 Å². The number of hydrogen-bond donors (Lipinski definition) is 2. The third kappa shape index (κ3) is 7.13. The summed E-state index contributed by atoms with van der Waals surface area (Å²) in [6.07, 6.45) is 1.36. The number of fused-ring (bicyclic) bond motifs is 1. The molecule has 3 amide bonds. The van der Waals surface area contributed by atoms with Crippen LogP contribution in [0.3, 0.4) is 0 Å². The summed E-state index contributed by atoms with van der Waals surface area (Å²) in [6, 6.07) is 8.58. The highest BCUT2D eigenvalue weighted by Gasteiger charge is 2.20. The van der Waals surface area contributed by atoms with Crippen molar-refractivity contribution in [2.75, 3.05) is 46.3 Å². The van der Waals surface area contributed by atoms with Crippen LogP contribution in [0.15, 0.2) is 39.9 Å². The summed E-state index contributed by atoms with van der Waals surface area (Å²) < 4.78 is 27.8. The molecule has 0 unspecified atom stereocenters. The molecule has 2 aliphatic rings. The molecule has 38 heavy (non-hydrogen) atoms. The van der Waals surface area contributed by atoms with E-state index < -0.39 is 11.8 Å². The van der Waals surface area contributed by atoms with Gasteiger partial charge in [-0.2, -0.15) is 5.10 Å². The minimum atomic E-state index is -0.923. The van der Waals surface area contributed by atoms with Crippen molar-refractivity contribution in [3.8, 4) is 23.0 Å². The van der Waals surface area contributed by atoms with Gasteiger partial charge in [-0.3, -0.25) is 14.4 Å². The first-order valence-corrected chi connectivity index (χ1v) is 12.7. The van der Waals surface area contributed by atoms with E-state index in [1.807, 2.05) is 6.92 Å². The molecule has 202 valence electrons. The van der Waals surface area contributed by atoms with Crippen LogP contribution < -0.4 is 29.7 Å². The number of ether oxygens (including phenoxy) is 5. The van der Waals surface area contributed by atoms with Gasteiger partial charge in [0, 0.05) is 19.6 Å². The van der Waals surface area contributed by atoms with Crippen LogP contribution in [0.5, 0.6) is 23.0 Å². The number of halogens is 1. The quantitative estimate of drug-likeness (QED) is 0.255. The van der Waals surface area contributed by atoms with Gasteiger partial charge in [0.15, 0.2) is 29.6 Å². The van der Waals surface area contributed by atoms with Gasteiger partial charge in [0.1, 0.15) is 0 Å². The summed E-state index contributed by atoms with van der Waals surface area (Å²) >= 11 is 3.44. The van der Waals surface area contributed by atoms with Crippen LogP contribution >= 0.6 is 15.9 Å². The number of hydrazone groups is 1. The van der Waals surface area contributed by atoms with Gasteiger partial charge in [-0.15, -0.1) is 0 Å². The number of carbonyl (C=O) groups is 3. The number of benzene rings is 2.